The summed E-state index contributed by atoms with van der Waals surface area (Å²) in [5.41, 5.74) is 3.79. The van der Waals surface area contributed by atoms with Crippen molar-refractivity contribution in [2.45, 2.75) is 13.8 Å². The third kappa shape index (κ3) is 4.90. The highest BCUT2D eigenvalue weighted by Crippen LogP contribution is 2.27. The van der Waals surface area contributed by atoms with Crippen molar-refractivity contribution in [1.29, 1.82) is 0 Å². The van der Waals surface area contributed by atoms with Crippen molar-refractivity contribution >= 4 is 40.4 Å². The number of halogens is 1. The van der Waals surface area contributed by atoms with Crippen LogP contribution in [0.25, 0.3) is 22.6 Å². The molecule has 4 rings (SSSR count). The van der Waals surface area contributed by atoms with Crippen molar-refractivity contribution < 1.29 is 9.53 Å². The van der Waals surface area contributed by atoms with Gasteiger partial charge in [0.05, 0.1) is 17.3 Å². The zero-order chi connectivity index (χ0) is 21.8. The van der Waals surface area contributed by atoms with Crippen molar-refractivity contribution in [3.05, 3.63) is 75.7 Å². The molecule has 0 aliphatic heterocycles. The van der Waals surface area contributed by atoms with Crippen molar-refractivity contribution in [3.8, 4) is 22.6 Å². The maximum atomic E-state index is 12.4. The van der Waals surface area contributed by atoms with Gasteiger partial charge in [0.2, 0.25) is 0 Å². The van der Waals surface area contributed by atoms with Gasteiger partial charge in [-0.05, 0) is 50.2 Å². The van der Waals surface area contributed by atoms with Crippen LogP contribution in [0.2, 0.25) is 5.02 Å². The molecule has 8 heteroatoms. The minimum Gasteiger partial charge on any atom is -0.462 e. The van der Waals surface area contributed by atoms with Crippen LogP contribution in [0.15, 0.2) is 60.1 Å². The average molecular weight is 451 g/mol. The summed E-state index contributed by atoms with van der Waals surface area (Å²) >= 11 is 7.59. The summed E-state index contributed by atoms with van der Waals surface area (Å²) in [4.78, 5) is 25.8. The lowest BCUT2D eigenvalue weighted by molar-refractivity contribution is 0.0526. The second kappa shape index (κ2) is 9.24. The molecule has 0 amide bonds. The van der Waals surface area contributed by atoms with E-state index >= 15 is 0 Å². The number of hydrogen-bond acceptors (Lipinski definition) is 7. The van der Waals surface area contributed by atoms with Gasteiger partial charge >= 0.3 is 5.97 Å². The number of ether oxygens (including phenoxy) is 1. The number of nitrogens with one attached hydrogen (secondary N) is 1. The third-order valence-electron chi connectivity index (χ3n) is 4.45. The maximum absolute atomic E-state index is 12.4. The van der Waals surface area contributed by atoms with Gasteiger partial charge in [0.25, 0.3) is 0 Å². The molecule has 1 N–H and O–H groups in total. The highest BCUT2D eigenvalue weighted by atomic mass is 35.5. The maximum Gasteiger partial charge on any atom is 0.343 e. The minimum atomic E-state index is -0.484. The fourth-order valence-corrected chi connectivity index (χ4v) is 3.68. The summed E-state index contributed by atoms with van der Waals surface area (Å²) in [6, 6.07) is 15.0. The molecule has 2 aromatic carbocycles. The lowest BCUT2D eigenvalue weighted by Gasteiger charge is -2.12. The van der Waals surface area contributed by atoms with Crippen LogP contribution in [0.5, 0.6) is 0 Å². The van der Waals surface area contributed by atoms with Gasteiger partial charge in [-0.25, -0.2) is 19.7 Å². The topological polar surface area (TPSA) is 77.0 Å². The first-order chi connectivity index (χ1) is 15.0. The molecule has 0 bridgehead atoms. The fourth-order valence-electron chi connectivity index (χ4n) is 2.93. The minimum absolute atomic E-state index is 0.263. The number of esters is 1. The molecule has 156 valence electrons. The second-order valence-corrected chi connectivity index (χ2v) is 8.14. The van der Waals surface area contributed by atoms with Crippen LogP contribution in [-0.2, 0) is 4.74 Å². The Bertz CT molecular complexity index is 1210. The number of benzene rings is 2. The smallest absolute Gasteiger partial charge is 0.343 e. The molecule has 0 unspecified atom stereocenters. The van der Waals surface area contributed by atoms with Crippen LogP contribution < -0.4 is 5.32 Å². The number of aryl methyl sites for hydroxylation is 1. The first-order valence-electron chi connectivity index (χ1n) is 9.63. The number of rotatable bonds is 6. The average Bonchev–Trinajstić information content (AvgIpc) is 3.21. The van der Waals surface area contributed by atoms with Crippen LogP contribution >= 0.6 is 22.9 Å². The standard InChI is InChI=1S/C23H19ClN4O2S/c1-3-30-23(29)19-12-25-21(16-4-8-17(24)9-5-16)28-22(19)27-18-10-6-15(7-11-18)20-13-31-14(2)26-20/h4-13H,3H2,1-2H3,(H,25,27,28). The van der Waals surface area contributed by atoms with Gasteiger partial charge in [0, 0.05) is 33.4 Å². The Morgan fingerprint density at radius 3 is 2.42 bits per heavy atom. The Labute approximate surface area is 188 Å². The SMILES string of the molecule is CCOC(=O)c1cnc(-c2ccc(Cl)cc2)nc1Nc1ccc(-c2csc(C)n2)cc1. The molecule has 0 aliphatic rings. The van der Waals surface area contributed by atoms with Crippen molar-refractivity contribution in [2.24, 2.45) is 0 Å². The number of hydrogen-bond donors (Lipinski definition) is 1. The number of aromatic nitrogens is 3. The quantitative estimate of drug-likeness (QED) is 0.355. The van der Waals surface area contributed by atoms with Gasteiger partial charge in [-0.15, -0.1) is 11.3 Å². The van der Waals surface area contributed by atoms with Crippen LogP contribution in [0.1, 0.15) is 22.3 Å². The molecule has 0 atom stereocenters. The van der Waals surface area contributed by atoms with E-state index in [2.05, 4.69) is 20.3 Å². The highest BCUT2D eigenvalue weighted by molar-refractivity contribution is 7.09. The van der Waals surface area contributed by atoms with E-state index < -0.39 is 5.97 Å². The molecule has 0 aliphatic carbocycles. The predicted molar refractivity (Wildman–Crippen MR) is 124 cm³/mol. The normalized spacial score (nSPS) is 10.7. The van der Waals surface area contributed by atoms with Crippen LogP contribution in [0.4, 0.5) is 11.5 Å². The summed E-state index contributed by atoms with van der Waals surface area (Å²) in [5.74, 6) is 0.361. The molecule has 0 fully saturated rings. The van der Waals surface area contributed by atoms with Gasteiger partial charge in [-0.1, -0.05) is 23.7 Å². The van der Waals surface area contributed by atoms with E-state index in [0.717, 1.165) is 27.5 Å². The molecule has 0 saturated heterocycles. The lowest BCUT2D eigenvalue weighted by Crippen LogP contribution is -2.11. The summed E-state index contributed by atoms with van der Waals surface area (Å²) in [7, 11) is 0. The summed E-state index contributed by atoms with van der Waals surface area (Å²) in [6.07, 6.45) is 1.48. The first kappa shape index (κ1) is 21.0. The predicted octanol–water partition coefficient (Wildman–Crippen LogP) is 6.15. The number of carbonyl (C=O) groups excluding carboxylic acids is 1. The molecular formula is C23H19ClN4O2S. The molecule has 0 saturated carbocycles. The highest BCUT2D eigenvalue weighted by Gasteiger charge is 2.17. The van der Waals surface area contributed by atoms with Crippen LogP contribution in [0.3, 0.4) is 0 Å². The molecular weight excluding hydrogens is 432 g/mol. The molecule has 2 aromatic heterocycles. The number of thiazole rings is 1. The van der Waals surface area contributed by atoms with E-state index in [-0.39, 0.29) is 12.2 Å². The Morgan fingerprint density at radius 2 is 1.77 bits per heavy atom. The van der Waals surface area contributed by atoms with E-state index in [4.69, 9.17) is 16.3 Å². The summed E-state index contributed by atoms with van der Waals surface area (Å²) in [5, 5.41) is 6.89. The van der Waals surface area contributed by atoms with Gasteiger partial charge in [-0.2, -0.15) is 0 Å². The Hall–Kier alpha value is -3.29. The Morgan fingerprint density at radius 1 is 1.06 bits per heavy atom. The molecule has 0 spiro atoms. The molecule has 4 aromatic rings. The van der Waals surface area contributed by atoms with Gasteiger partial charge in [-0.3, -0.25) is 0 Å². The first-order valence-corrected chi connectivity index (χ1v) is 10.9. The van der Waals surface area contributed by atoms with Gasteiger partial charge in [0.15, 0.2) is 5.82 Å². The number of carbonyl (C=O) groups is 1. The van der Waals surface area contributed by atoms with Gasteiger partial charge < -0.3 is 10.1 Å². The molecule has 31 heavy (non-hydrogen) atoms. The van der Waals surface area contributed by atoms with E-state index in [9.17, 15) is 4.79 Å². The zero-order valence-corrected chi connectivity index (χ0v) is 18.5. The van der Waals surface area contributed by atoms with Crippen molar-refractivity contribution in [2.75, 3.05) is 11.9 Å². The van der Waals surface area contributed by atoms with Gasteiger partial charge in [0.1, 0.15) is 11.4 Å². The number of nitrogens with zero attached hydrogens (tertiary/aromatic N) is 3. The third-order valence-corrected chi connectivity index (χ3v) is 5.47. The Balaban J connectivity index is 1.66. The summed E-state index contributed by atoms with van der Waals surface area (Å²) in [6.45, 7) is 4.00. The molecule has 6 nitrogen and oxygen atoms in total. The fraction of sp³-hybridized carbons (Fsp3) is 0.130. The van der Waals surface area contributed by atoms with E-state index in [1.807, 2.05) is 48.7 Å². The van der Waals surface area contributed by atoms with E-state index in [1.54, 1.807) is 30.4 Å². The van der Waals surface area contributed by atoms with E-state index in [0.29, 0.717) is 16.7 Å². The molecule has 2 heterocycles. The van der Waals surface area contributed by atoms with Crippen LogP contribution in [-0.4, -0.2) is 27.5 Å². The second-order valence-electron chi connectivity index (χ2n) is 6.64. The Kier molecular flexibility index (Phi) is 6.25. The summed E-state index contributed by atoms with van der Waals surface area (Å²) < 4.78 is 5.16. The lowest BCUT2D eigenvalue weighted by atomic mass is 10.1. The van der Waals surface area contributed by atoms with Crippen molar-refractivity contribution in [3.63, 3.8) is 0 Å². The monoisotopic (exact) mass is 450 g/mol. The molecule has 0 radical (unpaired) electrons. The number of anilines is 2. The zero-order valence-electron chi connectivity index (χ0n) is 16.9. The van der Waals surface area contributed by atoms with Crippen LogP contribution in [0, 0.1) is 6.92 Å². The largest absolute Gasteiger partial charge is 0.462 e. The van der Waals surface area contributed by atoms with E-state index in [1.165, 1.54) is 6.20 Å². The van der Waals surface area contributed by atoms with Crippen molar-refractivity contribution in [1.82, 2.24) is 15.0 Å².